The summed E-state index contributed by atoms with van der Waals surface area (Å²) < 4.78 is 10.5. The van der Waals surface area contributed by atoms with Gasteiger partial charge in [0, 0.05) is 60.4 Å². The predicted octanol–water partition coefficient (Wildman–Crippen LogP) is 18.4. The van der Waals surface area contributed by atoms with Crippen molar-refractivity contribution >= 4 is 124 Å². The van der Waals surface area contributed by atoms with Gasteiger partial charge in [-0.15, -0.1) is 11.8 Å². The zero-order valence-electron chi connectivity index (χ0n) is 58.0. The second kappa shape index (κ2) is 40.7. The van der Waals surface area contributed by atoms with Crippen molar-refractivity contribution in [1.29, 1.82) is 0 Å². The number of thioether (sulfide) groups is 1. The summed E-state index contributed by atoms with van der Waals surface area (Å²) >= 11 is 1.65. The van der Waals surface area contributed by atoms with E-state index in [1.165, 1.54) is 63.7 Å². The molecule has 0 aliphatic heterocycles. The minimum Gasteiger partial charge on any atom is -0.497 e. The van der Waals surface area contributed by atoms with Crippen LogP contribution in [0.1, 0.15) is 10.4 Å². The molecule has 16 rings (SSSR count). The number of aromatic amines is 1. The van der Waals surface area contributed by atoms with Gasteiger partial charge in [-0.3, -0.25) is 0 Å². The maximum absolute atomic E-state index is 12.4. The van der Waals surface area contributed by atoms with Crippen LogP contribution >= 0.6 is 43.4 Å². The summed E-state index contributed by atoms with van der Waals surface area (Å²) in [4.78, 5) is 25.0. The number of benzene rings is 14. The van der Waals surface area contributed by atoms with Gasteiger partial charge in [0.15, 0.2) is 0 Å². The van der Waals surface area contributed by atoms with Crippen LogP contribution in [0.3, 0.4) is 0 Å². The monoisotopic (exact) mass is 1550 g/mol. The van der Waals surface area contributed by atoms with Crippen molar-refractivity contribution in [3.05, 3.63) is 431 Å². The molecule has 0 aliphatic carbocycles. The largest absolute Gasteiger partial charge is 0.497 e. The van der Waals surface area contributed by atoms with Crippen molar-refractivity contribution in [2.24, 2.45) is 0 Å². The SMILES string of the molecule is COc1cccc(-c2cnc(OC(=O)c3ccc4c(SC)c[nH]c4c3)nc2)c1.[Pd].c1ccc(P(c2ccccc2)c2ccccc2)cc1.c1ccc(P(c2ccccc2)c2ccccc2)cc1.c1ccc(P(c2ccccc2)c2ccccc2)cc1.c1ccc(P(c2ccccc2)c2ccccc2)cc1. The summed E-state index contributed by atoms with van der Waals surface area (Å²) in [5.41, 5.74) is 3.03. The molecule has 2 heterocycles. The first-order valence-corrected chi connectivity index (χ1v) is 40.7. The predicted molar refractivity (Wildman–Crippen MR) is 450 cm³/mol. The molecule has 0 radical (unpaired) electrons. The maximum atomic E-state index is 12.4. The minimum absolute atomic E-state index is 0. The fraction of sp³-hybridized carbons (Fsp3) is 0.0215. The number of hydrogen-bond donors (Lipinski definition) is 1. The summed E-state index contributed by atoms with van der Waals surface area (Å²) in [5, 5.41) is 17.8. The second-order valence-electron chi connectivity index (χ2n) is 23.4. The van der Waals surface area contributed by atoms with Crippen LogP contribution in [0.2, 0.25) is 0 Å². The van der Waals surface area contributed by atoms with Gasteiger partial charge in [-0.05, 0) is 131 Å². The number of carbonyl (C=O) groups is 1. The molecule has 14 aromatic carbocycles. The third kappa shape index (κ3) is 21.4. The Morgan fingerprint density at radius 1 is 0.324 bits per heavy atom. The number of fused-ring (bicyclic) bond motifs is 1. The number of nitrogens with zero attached hydrogens (tertiary/aromatic N) is 2. The van der Waals surface area contributed by atoms with Crippen molar-refractivity contribution in [3.8, 4) is 22.9 Å². The van der Waals surface area contributed by atoms with Gasteiger partial charge in [0.2, 0.25) is 0 Å². The molecule has 2 aromatic heterocycles. The number of H-pyrrole nitrogens is 1. The van der Waals surface area contributed by atoms with Crippen molar-refractivity contribution in [3.63, 3.8) is 0 Å². The maximum Gasteiger partial charge on any atom is 0.346 e. The van der Waals surface area contributed by atoms with Crippen molar-refractivity contribution in [1.82, 2.24) is 15.0 Å². The Kier molecular flexibility index (Phi) is 29.4. The zero-order valence-corrected chi connectivity index (χ0v) is 64.0. The third-order valence-electron chi connectivity index (χ3n) is 16.5. The van der Waals surface area contributed by atoms with E-state index in [0.717, 1.165) is 32.7 Å². The Bertz CT molecular complexity index is 4290. The number of esters is 1. The topological polar surface area (TPSA) is 77.1 Å². The number of aromatic nitrogens is 3. The number of nitrogens with one attached hydrogen (secondary N) is 1. The van der Waals surface area contributed by atoms with E-state index in [1.807, 2.05) is 42.8 Å². The molecule has 6 nitrogen and oxygen atoms in total. The van der Waals surface area contributed by atoms with E-state index in [-0.39, 0.29) is 26.4 Å². The normalized spacial score (nSPS) is 10.5. The third-order valence-corrected chi connectivity index (χ3v) is 27.0. The first kappa shape index (κ1) is 75.8. The molecule has 0 saturated heterocycles. The van der Waals surface area contributed by atoms with Crippen LogP contribution in [0.25, 0.3) is 22.0 Å². The summed E-state index contributed by atoms with van der Waals surface area (Å²) in [6.07, 6.45) is 7.16. The number of ether oxygens (including phenoxy) is 2. The number of methoxy groups -OCH3 is 1. The van der Waals surface area contributed by atoms with Crippen LogP contribution in [0.5, 0.6) is 11.8 Å². The molecule has 0 amide bonds. The van der Waals surface area contributed by atoms with E-state index in [4.69, 9.17) is 9.47 Å². The quantitative estimate of drug-likeness (QED) is 0.0424. The van der Waals surface area contributed by atoms with Crippen LogP contribution in [0.4, 0.5) is 0 Å². The second-order valence-corrected chi connectivity index (χ2v) is 33.1. The Hall–Kier alpha value is -10.3. The van der Waals surface area contributed by atoms with E-state index in [1.54, 1.807) is 43.4 Å². The van der Waals surface area contributed by atoms with Gasteiger partial charge in [-0.1, -0.05) is 382 Å². The van der Waals surface area contributed by atoms with Crippen LogP contribution in [0.15, 0.2) is 430 Å². The summed E-state index contributed by atoms with van der Waals surface area (Å²) in [6, 6.07) is 142. The van der Waals surface area contributed by atoms with Gasteiger partial charge in [0.05, 0.1) is 12.7 Å². The molecule has 0 atom stereocenters. The van der Waals surface area contributed by atoms with E-state index in [9.17, 15) is 4.79 Å². The van der Waals surface area contributed by atoms with Crippen molar-refractivity contribution in [2.45, 2.75) is 4.90 Å². The Morgan fingerprint density at radius 3 is 0.838 bits per heavy atom. The molecule has 0 saturated carbocycles. The van der Waals surface area contributed by atoms with Gasteiger partial charge in [-0.2, -0.15) is 0 Å². The molecule has 12 heteroatoms. The Labute approximate surface area is 640 Å². The van der Waals surface area contributed by atoms with Gasteiger partial charge in [-0.25, -0.2) is 14.8 Å². The van der Waals surface area contributed by atoms with Gasteiger partial charge in [0.1, 0.15) is 5.75 Å². The number of rotatable bonds is 17. The smallest absolute Gasteiger partial charge is 0.346 e. The summed E-state index contributed by atoms with van der Waals surface area (Å²) in [6.45, 7) is 0. The molecule has 1 N–H and O–H groups in total. The fourth-order valence-electron chi connectivity index (χ4n) is 11.6. The minimum atomic E-state index is -0.503. The van der Waals surface area contributed by atoms with Gasteiger partial charge in [0.25, 0.3) is 0 Å². The van der Waals surface area contributed by atoms with Crippen LogP contribution in [-0.2, 0) is 20.4 Å². The standard InChI is InChI=1S/C21H17N3O3S.4C18H15P.Pd/c1-26-16-5-3-4-13(8-16)15-10-23-21(24-11-15)27-20(25)14-6-7-17-18(9-14)22-12-19(17)28-2;4*1-4-10-16(11-5-1)19(17-12-6-2-7-13-17)18-14-8-3-9-15-18;/h3-12,22H,1-2H3;4*1-15H;. The van der Waals surface area contributed by atoms with Crippen molar-refractivity contribution in [2.75, 3.05) is 13.4 Å². The Balaban J connectivity index is 0.000000132. The molecule has 16 aromatic rings. The molecule has 518 valence electrons. The van der Waals surface area contributed by atoms with E-state index in [0.29, 0.717) is 5.56 Å². The van der Waals surface area contributed by atoms with Gasteiger partial charge < -0.3 is 14.5 Å². The first-order valence-electron chi connectivity index (χ1n) is 34.1. The van der Waals surface area contributed by atoms with E-state index in [2.05, 4.69) is 379 Å². The molecule has 0 bridgehead atoms. The van der Waals surface area contributed by atoms with Crippen molar-refractivity contribution < 1.29 is 34.7 Å². The van der Waals surface area contributed by atoms with Crippen LogP contribution < -0.4 is 73.1 Å². The zero-order chi connectivity index (χ0) is 71.2. The Morgan fingerprint density at radius 2 is 0.590 bits per heavy atom. The number of hydrogen-bond acceptors (Lipinski definition) is 6. The van der Waals surface area contributed by atoms with E-state index < -0.39 is 37.7 Å². The average Bonchev–Trinajstić information content (AvgIpc) is 1.72. The summed E-state index contributed by atoms with van der Waals surface area (Å²) in [5.74, 6) is 0.244. The molecule has 0 aliphatic rings. The number of carbonyl (C=O) groups excluding carboxylic acids is 1. The van der Waals surface area contributed by atoms with Crippen LogP contribution in [0, 0.1) is 0 Å². The van der Waals surface area contributed by atoms with Gasteiger partial charge >= 0.3 is 12.0 Å². The molecule has 0 spiro atoms. The summed E-state index contributed by atoms with van der Waals surface area (Å²) in [7, 11) is -0.168. The first-order chi connectivity index (χ1) is 51.5. The molecule has 105 heavy (non-hydrogen) atoms. The van der Waals surface area contributed by atoms with E-state index >= 15 is 0 Å². The molecule has 0 unspecified atom stereocenters. The average molecular weight is 1550 g/mol. The van der Waals surface area contributed by atoms with Crippen LogP contribution in [-0.4, -0.2) is 34.3 Å². The fourth-order valence-corrected chi connectivity index (χ4v) is 21.4. The molecule has 0 fully saturated rings. The molecular formula is C93H77N3O3P4PdS. The molecular weight excluding hydrogens is 1470 g/mol.